The van der Waals surface area contributed by atoms with Gasteiger partial charge in [-0.15, -0.1) is 0 Å². The van der Waals surface area contributed by atoms with Crippen molar-refractivity contribution in [2.45, 2.75) is 18.1 Å². The first-order valence-corrected chi connectivity index (χ1v) is 6.93. The van der Waals surface area contributed by atoms with Crippen molar-refractivity contribution >= 4 is 5.69 Å². The summed E-state index contributed by atoms with van der Waals surface area (Å²) in [5, 5.41) is 20.2. The van der Waals surface area contributed by atoms with E-state index >= 15 is 0 Å². The summed E-state index contributed by atoms with van der Waals surface area (Å²) in [6.07, 6.45) is 0.116. The molecule has 1 fully saturated rings. The number of hydrogen-bond acceptors (Lipinski definition) is 3. The molecule has 0 aliphatic carbocycles. The lowest BCUT2D eigenvalue weighted by Crippen LogP contribution is -2.44. The maximum atomic E-state index is 10.1. The molecular formula is C17H19NO2. The standard InChI is InChI=1S/C17H19NO2/c19-13-17(14-7-3-1-4-8-14)11-16(20)12-18(17)15-9-5-2-6-10-15/h1-10,16,19-20H,11-13H2/t16-,17+/m1/s1. The molecule has 2 aromatic rings. The second-order valence-electron chi connectivity index (χ2n) is 5.36. The molecule has 2 N–H and O–H groups in total. The zero-order valence-corrected chi connectivity index (χ0v) is 11.3. The minimum atomic E-state index is -0.540. The third-order valence-corrected chi connectivity index (χ3v) is 4.12. The number of para-hydroxylation sites is 1. The number of benzene rings is 2. The highest BCUT2D eigenvalue weighted by Gasteiger charge is 2.46. The van der Waals surface area contributed by atoms with Crippen molar-refractivity contribution in [3.63, 3.8) is 0 Å². The number of rotatable bonds is 3. The van der Waals surface area contributed by atoms with Gasteiger partial charge in [0.25, 0.3) is 0 Å². The third kappa shape index (κ3) is 2.09. The lowest BCUT2D eigenvalue weighted by atomic mass is 9.87. The van der Waals surface area contributed by atoms with Crippen LogP contribution in [0, 0.1) is 0 Å². The van der Waals surface area contributed by atoms with E-state index in [0.717, 1.165) is 11.3 Å². The average Bonchev–Trinajstić information content (AvgIpc) is 2.87. The molecule has 0 unspecified atom stereocenters. The van der Waals surface area contributed by atoms with Crippen LogP contribution in [0.4, 0.5) is 5.69 Å². The molecule has 1 aliphatic heterocycles. The molecular weight excluding hydrogens is 250 g/mol. The van der Waals surface area contributed by atoms with Crippen LogP contribution in [0.2, 0.25) is 0 Å². The van der Waals surface area contributed by atoms with Crippen molar-refractivity contribution in [2.24, 2.45) is 0 Å². The Bertz CT molecular complexity index is 558. The minimum absolute atomic E-state index is 0.0109. The average molecular weight is 269 g/mol. The Balaban J connectivity index is 2.08. The van der Waals surface area contributed by atoms with Gasteiger partial charge in [-0.05, 0) is 17.7 Å². The number of nitrogens with zero attached hydrogens (tertiary/aromatic N) is 1. The fraction of sp³-hybridized carbons (Fsp3) is 0.294. The first-order chi connectivity index (χ1) is 9.76. The van der Waals surface area contributed by atoms with Gasteiger partial charge in [0.2, 0.25) is 0 Å². The van der Waals surface area contributed by atoms with Crippen LogP contribution in [-0.4, -0.2) is 29.5 Å². The van der Waals surface area contributed by atoms with Gasteiger partial charge in [0.1, 0.15) is 0 Å². The predicted molar refractivity (Wildman–Crippen MR) is 79.6 cm³/mol. The molecule has 3 heteroatoms. The maximum Gasteiger partial charge on any atom is 0.0910 e. The van der Waals surface area contributed by atoms with Gasteiger partial charge in [0.05, 0.1) is 18.2 Å². The summed E-state index contributed by atoms with van der Waals surface area (Å²) in [4.78, 5) is 2.12. The first-order valence-electron chi connectivity index (χ1n) is 6.93. The summed E-state index contributed by atoms with van der Waals surface area (Å²) in [5.74, 6) is 0. The van der Waals surface area contributed by atoms with Crippen LogP contribution < -0.4 is 4.90 Å². The van der Waals surface area contributed by atoms with Crippen molar-refractivity contribution in [3.8, 4) is 0 Å². The third-order valence-electron chi connectivity index (χ3n) is 4.12. The molecule has 20 heavy (non-hydrogen) atoms. The van der Waals surface area contributed by atoms with Crippen LogP contribution in [0.3, 0.4) is 0 Å². The Morgan fingerprint density at radius 2 is 1.60 bits per heavy atom. The van der Waals surface area contributed by atoms with E-state index in [2.05, 4.69) is 4.90 Å². The molecule has 0 spiro atoms. The zero-order chi connectivity index (χ0) is 14.0. The molecule has 104 valence electrons. The van der Waals surface area contributed by atoms with Crippen LogP contribution in [0.15, 0.2) is 60.7 Å². The fourth-order valence-electron chi connectivity index (χ4n) is 3.17. The number of aliphatic hydroxyl groups excluding tert-OH is 2. The van der Waals surface area contributed by atoms with Crippen molar-refractivity contribution < 1.29 is 10.2 Å². The number of aliphatic hydroxyl groups is 2. The molecule has 3 nitrogen and oxygen atoms in total. The van der Waals surface area contributed by atoms with Crippen molar-refractivity contribution in [1.29, 1.82) is 0 Å². The molecule has 0 radical (unpaired) electrons. The van der Waals surface area contributed by atoms with Crippen molar-refractivity contribution in [2.75, 3.05) is 18.1 Å². The molecule has 1 saturated heterocycles. The minimum Gasteiger partial charge on any atom is -0.394 e. The van der Waals surface area contributed by atoms with E-state index in [1.807, 2.05) is 60.7 Å². The fourth-order valence-corrected chi connectivity index (χ4v) is 3.17. The van der Waals surface area contributed by atoms with E-state index in [4.69, 9.17) is 0 Å². The molecule has 2 atom stereocenters. The van der Waals surface area contributed by atoms with E-state index in [1.165, 1.54) is 0 Å². The molecule has 2 aromatic carbocycles. The largest absolute Gasteiger partial charge is 0.394 e. The smallest absolute Gasteiger partial charge is 0.0910 e. The summed E-state index contributed by atoms with van der Waals surface area (Å²) in [5.41, 5.74) is 1.53. The molecule has 1 aliphatic rings. The number of β-amino-alcohol motifs (C(OH)–C–C–N with tert-alkyl or cyclic N) is 1. The summed E-state index contributed by atoms with van der Waals surface area (Å²) >= 11 is 0. The zero-order valence-electron chi connectivity index (χ0n) is 11.3. The normalized spacial score (nSPS) is 25.9. The van der Waals surface area contributed by atoms with Gasteiger partial charge in [-0.1, -0.05) is 48.5 Å². The summed E-state index contributed by atoms with van der Waals surface area (Å²) in [6.45, 7) is 0.530. The molecule has 3 rings (SSSR count). The van der Waals surface area contributed by atoms with Crippen LogP contribution in [-0.2, 0) is 5.54 Å². The Hall–Kier alpha value is -1.84. The topological polar surface area (TPSA) is 43.7 Å². The highest BCUT2D eigenvalue weighted by atomic mass is 16.3. The Morgan fingerprint density at radius 1 is 1.00 bits per heavy atom. The van der Waals surface area contributed by atoms with E-state index in [1.54, 1.807) is 0 Å². The Labute approximate surface area is 119 Å². The molecule has 1 heterocycles. The van der Waals surface area contributed by atoms with Gasteiger partial charge < -0.3 is 15.1 Å². The first kappa shape index (κ1) is 13.2. The van der Waals surface area contributed by atoms with Crippen LogP contribution in [0.5, 0.6) is 0 Å². The summed E-state index contributed by atoms with van der Waals surface area (Å²) in [6, 6.07) is 19.9. The Kier molecular flexibility index (Phi) is 3.47. The second kappa shape index (κ2) is 5.27. The predicted octanol–water partition coefficient (Wildman–Crippen LogP) is 2.15. The molecule has 0 saturated carbocycles. The van der Waals surface area contributed by atoms with Crippen LogP contribution >= 0.6 is 0 Å². The van der Waals surface area contributed by atoms with E-state index in [-0.39, 0.29) is 6.61 Å². The van der Waals surface area contributed by atoms with Crippen LogP contribution in [0.1, 0.15) is 12.0 Å². The highest BCUT2D eigenvalue weighted by molar-refractivity contribution is 5.53. The quantitative estimate of drug-likeness (QED) is 0.897. The summed E-state index contributed by atoms with van der Waals surface area (Å²) in [7, 11) is 0. The van der Waals surface area contributed by atoms with Gasteiger partial charge in [-0.2, -0.15) is 0 Å². The molecule has 0 amide bonds. The van der Waals surface area contributed by atoms with Crippen LogP contribution in [0.25, 0.3) is 0 Å². The summed E-state index contributed by atoms with van der Waals surface area (Å²) < 4.78 is 0. The van der Waals surface area contributed by atoms with Gasteiger partial charge in [0, 0.05) is 18.7 Å². The van der Waals surface area contributed by atoms with E-state index < -0.39 is 11.6 Å². The van der Waals surface area contributed by atoms with Crippen molar-refractivity contribution in [3.05, 3.63) is 66.2 Å². The Morgan fingerprint density at radius 3 is 2.20 bits per heavy atom. The number of anilines is 1. The SMILES string of the molecule is OC[C@]1(c2ccccc2)C[C@@H](O)CN1c1ccccc1. The van der Waals surface area contributed by atoms with E-state index in [0.29, 0.717) is 13.0 Å². The van der Waals surface area contributed by atoms with Gasteiger partial charge >= 0.3 is 0 Å². The van der Waals surface area contributed by atoms with Gasteiger partial charge in [0.15, 0.2) is 0 Å². The van der Waals surface area contributed by atoms with E-state index in [9.17, 15) is 10.2 Å². The molecule has 0 aromatic heterocycles. The maximum absolute atomic E-state index is 10.1. The van der Waals surface area contributed by atoms with Crippen molar-refractivity contribution in [1.82, 2.24) is 0 Å². The highest BCUT2D eigenvalue weighted by Crippen LogP contribution is 2.41. The lowest BCUT2D eigenvalue weighted by molar-refractivity contribution is 0.152. The second-order valence-corrected chi connectivity index (χ2v) is 5.36. The monoisotopic (exact) mass is 269 g/mol. The lowest BCUT2D eigenvalue weighted by Gasteiger charge is -2.39. The number of hydrogen-bond donors (Lipinski definition) is 2. The van der Waals surface area contributed by atoms with Gasteiger partial charge in [-0.3, -0.25) is 0 Å². The van der Waals surface area contributed by atoms with Gasteiger partial charge in [-0.25, -0.2) is 0 Å². The molecule has 0 bridgehead atoms.